The Morgan fingerprint density at radius 2 is 2.08 bits per heavy atom. The predicted octanol–water partition coefficient (Wildman–Crippen LogP) is 1.41. The summed E-state index contributed by atoms with van der Waals surface area (Å²) in [5, 5.41) is 7.26. The molecule has 1 aliphatic heterocycles. The van der Waals surface area contributed by atoms with Crippen molar-refractivity contribution in [3.05, 3.63) is 17.5 Å². The molecule has 2 heterocycles. The lowest BCUT2D eigenvalue weighted by Gasteiger charge is -2.26. The fourth-order valence-electron chi connectivity index (χ4n) is 3.36. The molecular formula is C19H28N4O2. The summed E-state index contributed by atoms with van der Waals surface area (Å²) in [5.74, 6) is 6.93. The van der Waals surface area contributed by atoms with Gasteiger partial charge in [-0.25, -0.2) is 0 Å². The van der Waals surface area contributed by atoms with Gasteiger partial charge in [0.05, 0.1) is 13.2 Å². The van der Waals surface area contributed by atoms with E-state index in [9.17, 15) is 4.79 Å². The van der Waals surface area contributed by atoms with Gasteiger partial charge in [-0.15, -0.1) is 0 Å². The molecule has 1 amide bonds. The summed E-state index contributed by atoms with van der Waals surface area (Å²) in [4.78, 5) is 14.6. The van der Waals surface area contributed by atoms with Crippen LogP contribution in [-0.4, -0.2) is 60.0 Å². The average Bonchev–Trinajstić information content (AvgIpc) is 3.02. The van der Waals surface area contributed by atoms with Gasteiger partial charge in [0.15, 0.2) is 5.69 Å². The van der Waals surface area contributed by atoms with Crippen LogP contribution in [-0.2, 0) is 11.8 Å². The number of ether oxygens (including phenoxy) is 1. The van der Waals surface area contributed by atoms with Gasteiger partial charge in [-0.1, -0.05) is 25.2 Å². The molecule has 0 radical (unpaired) electrons. The van der Waals surface area contributed by atoms with Crippen LogP contribution in [0.2, 0.25) is 0 Å². The Morgan fingerprint density at radius 3 is 2.84 bits per heavy atom. The van der Waals surface area contributed by atoms with Gasteiger partial charge < -0.3 is 10.1 Å². The number of hydrogen-bond donors (Lipinski definition) is 1. The molecule has 0 atom stereocenters. The topological polar surface area (TPSA) is 59.4 Å². The highest BCUT2D eigenvalue weighted by atomic mass is 16.5. The van der Waals surface area contributed by atoms with E-state index in [-0.39, 0.29) is 5.91 Å². The lowest BCUT2D eigenvalue weighted by Crippen LogP contribution is -2.41. The van der Waals surface area contributed by atoms with Gasteiger partial charge in [-0.05, 0) is 18.8 Å². The third-order valence-electron chi connectivity index (χ3n) is 4.94. The lowest BCUT2D eigenvalue weighted by atomic mass is 9.90. The van der Waals surface area contributed by atoms with Crippen molar-refractivity contribution < 1.29 is 9.53 Å². The number of carbonyl (C=O) groups excluding carboxylic acids is 1. The predicted molar refractivity (Wildman–Crippen MR) is 96.3 cm³/mol. The van der Waals surface area contributed by atoms with Crippen LogP contribution in [0.15, 0.2) is 6.07 Å². The quantitative estimate of drug-likeness (QED) is 0.839. The van der Waals surface area contributed by atoms with Crippen LogP contribution in [0.25, 0.3) is 0 Å². The molecule has 2 aliphatic rings. The summed E-state index contributed by atoms with van der Waals surface area (Å²) >= 11 is 0. The van der Waals surface area contributed by atoms with Gasteiger partial charge in [0.2, 0.25) is 0 Å². The standard InChI is InChI=1S/C19H28N4O2/c1-22-17(8-7-16-5-3-2-4-6-16)15-18(21-22)19(24)20-9-10-23-11-13-25-14-12-23/h15-16H,2-6,9-14H2,1H3,(H,20,24). The summed E-state index contributed by atoms with van der Waals surface area (Å²) in [6.07, 6.45) is 6.28. The number of amides is 1. The van der Waals surface area contributed by atoms with E-state index in [1.165, 1.54) is 32.1 Å². The highest BCUT2D eigenvalue weighted by Gasteiger charge is 2.14. The van der Waals surface area contributed by atoms with Gasteiger partial charge in [0.25, 0.3) is 5.91 Å². The van der Waals surface area contributed by atoms with Gasteiger partial charge in [-0.2, -0.15) is 5.10 Å². The normalized spacial score (nSPS) is 19.2. The number of nitrogens with zero attached hydrogens (tertiary/aromatic N) is 3. The SMILES string of the molecule is Cn1nc(C(=O)NCCN2CCOCC2)cc1C#CC1CCCCC1. The van der Waals surface area contributed by atoms with Crippen molar-refractivity contribution in [2.45, 2.75) is 32.1 Å². The smallest absolute Gasteiger partial charge is 0.271 e. The van der Waals surface area contributed by atoms with E-state index in [1.54, 1.807) is 10.7 Å². The number of rotatable bonds is 4. The van der Waals surface area contributed by atoms with E-state index in [1.807, 2.05) is 7.05 Å². The molecule has 3 rings (SSSR count). The van der Waals surface area contributed by atoms with Crippen molar-refractivity contribution in [2.24, 2.45) is 13.0 Å². The number of nitrogens with one attached hydrogen (secondary N) is 1. The Labute approximate surface area is 149 Å². The Kier molecular flexibility index (Phi) is 6.48. The van der Waals surface area contributed by atoms with Crippen LogP contribution in [0.3, 0.4) is 0 Å². The van der Waals surface area contributed by atoms with Crippen LogP contribution >= 0.6 is 0 Å². The van der Waals surface area contributed by atoms with Gasteiger partial charge >= 0.3 is 0 Å². The molecular weight excluding hydrogens is 316 g/mol. The van der Waals surface area contributed by atoms with E-state index in [4.69, 9.17) is 4.74 Å². The largest absolute Gasteiger partial charge is 0.379 e. The first-order valence-corrected chi connectivity index (χ1v) is 9.36. The Hall–Kier alpha value is -1.84. The van der Waals surface area contributed by atoms with Crippen LogP contribution in [0.5, 0.6) is 0 Å². The molecule has 0 unspecified atom stereocenters. The zero-order valence-corrected chi connectivity index (χ0v) is 15.1. The zero-order valence-electron chi connectivity index (χ0n) is 15.1. The Balaban J connectivity index is 1.50. The van der Waals surface area contributed by atoms with Crippen molar-refractivity contribution in [1.82, 2.24) is 20.0 Å². The molecule has 1 N–H and O–H groups in total. The first-order chi connectivity index (χ1) is 12.2. The second kappa shape index (κ2) is 9.02. The number of hydrogen-bond acceptors (Lipinski definition) is 4. The summed E-state index contributed by atoms with van der Waals surface area (Å²) in [7, 11) is 1.84. The van der Waals surface area contributed by atoms with Gasteiger partial charge in [0, 0.05) is 45.2 Å². The fourth-order valence-corrected chi connectivity index (χ4v) is 3.36. The highest BCUT2D eigenvalue weighted by Crippen LogP contribution is 2.22. The van der Waals surface area contributed by atoms with E-state index < -0.39 is 0 Å². The molecule has 1 aliphatic carbocycles. The summed E-state index contributed by atoms with van der Waals surface area (Å²) in [6, 6.07) is 1.79. The third kappa shape index (κ3) is 5.32. The minimum atomic E-state index is -0.130. The van der Waals surface area contributed by atoms with Crippen molar-refractivity contribution in [3.63, 3.8) is 0 Å². The van der Waals surface area contributed by atoms with Crippen molar-refractivity contribution >= 4 is 5.91 Å². The van der Waals surface area contributed by atoms with Gasteiger partial charge in [0.1, 0.15) is 5.69 Å². The average molecular weight is 344 g/mol. The van der Waals surface area contributed by atoms with E-state index >= 15 is 0 Å². The van der Waals surface area contributed by atoms with Crippen molar-refractivity contribution in [3.8, 4) is 11.8 Å². The lowest BCUT2D eigenvalue weighted by molar-refractivity contribution is 0.0383. The van der Waals surface area contributed by atoms with E-state index in [0.29, 0.717) is 18.2 Å². The molecule has 2 fully saturated rings. The van der Waals surface area contributed by atoms with Crippen LogP contribution in [0.1, 0.15) is 48.3 Å². The first kappa shape index (κ1) is 18.0. The molecule has 0 aromatic carbocycles. The summed E-state index contributed by atoms with van der Waals surface area (Å²) in [5.41, 5.74) is 1.25. The maximum atomic E-state index is 12.3. The summed E-state index contributed by atoms with van der Waals surface area (Å²) < 4.78 is 7.03. The van der Waals surface area contributed by atoms with Crippen molar-refractivity contribution in [2.75, 3.05) is 39.4 Å². The second-order valence-electron chi connectivity index (χ2n) is 6.85. The van der Waals surface area contributed by atoms with Gasteiger partial charge in [-0.3, -0.25) is 14.4 Å². The zero-order chi connectivity index (χ0) is 17.5. The monoisotopic (exact) mass is 344 g/mol. The minimum absolute atomic E-state index is 0.130. The molecule has 1 aromatic rings. The first-order valence-electron chi connectivity index (χ1n) is 9.36. The molecule has 1 saturated heterocycles. The fraction of sp³-hybridized carbons (Fsp3) is 0.684. The number of morpholine rings is 1. The number of aryl methyl sites for hydroxylation is 1. The maximum Gasteiger partial charge on any atom is 0.271 e. The molecule has 136 valence electrons. The van der Waals surface area contributed by atoms with Crippen molar-refractivity contribution in [1.29, 1.82) is 0 Å². The Bertz CT molecular complexity index is 632. The molecule has 1 aromatic heterocycles. The maximum absolute atomic E-state index is 12.3. The molecule has 6 nitrogen and oxygen atoms in total. The highest BCUT2D eigenvalue weighted by molar-refractivity contribution is 5.92. The minimum Gasteiger partial charge on any atom is -0.379 e. The van der Waals surface area contributed by atoms with Crippen LogP contribution in [0, 0.1) is 17.8 Å². The summed E-state index contributed by atoms with van der Waals surface area (Å²) in [6.45, 7) is 4.88. The molecule has 1 saturated carbocycles. The number of carbonyl (C=O) groups is 1. The Morgan fingerprint density at radius 1 is 1.32 bits per heavy atom. The van der Waals surface area contributed by atoms with Crippen LogP contribution < -0.4 is 5.32 Å². The van der Waals surface area contributed by atoms with E-state index in [0.717, 1.165) is 38.5 Å². The second-order valence-corrected chi connectivity index (χ2v) is 6.85. The molecule has 0 spiro atoms. The molecule has 0 bridgehead atoms. The van der Waals surface area contributed by atoms with E-state index in [2.05, 4.69) is 27.2 Å². The molecule has 6 heteroatoms. The van der Waals surface area contributed by atoms with Crippen LogP contribution in [0.4, 0.5) is 0 Å². The third-order valence-corrected chi connectivity index (χ3v) is 4.94. The molecule has 25 heavy (non-hydrogen) atoms. The number of aromatic nitrogens is 2.